The van der Waals surface area contributed by atoms with E-state index in [1.54, 1.807) is 12.7 Å². The first-order chi connectivity index (χ1) is 15.5. The predicted octanol–water partition coefficient (Wildman–Crippen LogP) is 2.07. The minimum Gasteiger partial charge on any atom is -0.369 e. The molecule has 13 heteroatoms. The molecule has 0 radical (unpaired) electrons. The minimum atomic E-state index is -1.62. The SMILES string of the molecule is C=NP(OCCC#N)OC1[C@@H]2OC[C@]1(CC)O[C@H]2n1cnc2c1NC(/N=C/N(C)C)=NC2. The molecule has 1 aromatic rings. The summed E-state index contributed by atoms with van der Waals surface area (Å²) in [7, 11) is 2.17. The number of ether oxygens (including phenoxy) is 2. The Labute approximate surface area is 187 Å². The first-order valence-electron chi connectivity index (χ1n) is 10.3. The Hall–Kier alpha value is -2.42. The van der Waals surface area contributed by atoms with Gasteiger partial charge in [0.25, 0.3) is 0 Å². The molecule has 0 spiro atoms. The van der Waals surface area contributed by atoms with Gasteiger partial charge in [0.2, 0.25) is 5.96 Å². The molecule has 32 heavy (non-hydrogen) atoms. The van der Waals surface area contributed by atoms with E-state index in [0.717, 1.165) is 11.5 Å². The molecule has 2 unspecified atom stereocenters. The Morgan fingerprint density at radius 3 is 3.12 bits per heavy atom. The van der Waals surface area contributed by atoms with E-state index >= 15 is 0 Å². The fourth-order valence-electron chi connectivity index (χ4n) is 3.86. The van der Waals surface area contributed by atoms with Crippen molar-refractivity contribution in [1.82, 2.24) is 14.5 Å². The van der Waals surface area contributed by atoms with Crippen LogP contribution in [0.4, 0.5) is 5.82 Å². The first kappa shape index (κ1) is 22.8. The van der Waals surface area contributed by atoms with Gasteiger partial charge in [0, 0.05) is 14.1 Å². The second kappa shape index (κ2) is 9.60. The van der Waals surface area contributed by atoms with Crippen molar-refractivity contribution in [3.05, 3.63) is 12.0 Å². The van der Waals surface area contributed by atoms with Crippen molar-refractivity contribution in [2.75, 3.05) is 32.6 Å². The zero-order valence-corrected chi connectivity index (χ0v) is 19.2. The van der Waals surface area contributed by atoms with Crippen LogP contribution in [0, 0.1) is 11.3 Å². The van der Waals surface area contributed by atoms with Gasteiger partial charge in [0.15, 0.2) is 6.23 Å². The lowest BCUT2D eigenvalue weighted by atomic mass is 9.96. The summed E-state index contributed by atoms with van der Waals surface area (Å²) in [6.07, 6.45) is 3.13. The Bertz CT molecular complexity index is 944. The lowest BCUT2D eigenvalue weighted by molar-refractivity contribution is -0.173. The molecular formula is C19H27N8O4P. The number of aromatic nitrogens is 2. The molecule has 1 N–H and O–H groups in total. The summed E-state index contributed by atoms with van der Waals surface area (Å²) in [6, 6.07) is 2.04. The van der Waals surface area contributed by atoms with Gasteiger partial charge in [-0.05, 0) is 13.1 Å². The van der Waals surface area contributed by atoms with Gasteiger partial charge in [0.05, 0.1) is 44.9 Å². The van der Waals surface area contributed by atoms with Crippen LogP contribution in [0.15, 0.2) is 21.1 Å². The van der Waals surface area contributed by atoms with Gasteiger partial charge in [-0.25, -0.2) is 19.7 Å². The fraction of sp³-hybridized carbons (Fsp3) is 0.632. The van der Waals surface area contributed by atoms with Crippen LogP contribution in [0.3, 0.4) is 0 Å². The molecule has 2 saturated heterocycles. The summed E-state index contributed by atoms with van der Waals surface area (Å²) in [5, 5.41) is 12.0. The van der Waals surface area contributed by atoms with E-state index in [-0.39, 0.29) is 19.1 Å². The Balaban J connectivity index is 1.53. The minimum absolute atomic E-state index is 0.234. The van der Waals surface area contributed by atoms with Crippen LogP contribution < -0.4 is 5.32 Å². The normalized spacial score (nSPS) is 29.3. The quantitative estimate of drug-likeness (QED) is 0.255. The zero-order chi connectivity index (χ0) is 22.7. The van der Waals surface area contributed by atoms with E-state index in [2.05, 4.69) is 31.8 Å². The van der Waals surface area contributed by atoms with Gasteiger partial charge < -0.3 is 28.7 Å². The summed E-state index contributed by atoms with van der Waals surface area (Å²) < 4.78 is 30.3. The Morgan fingerprint density at radius 2 is 2.41 bits per heavy atom. The van der Waals surface area contributed by atoms with E-state index in [4.69, 9.17) is 23.8 Å². The zero-order valence-electron chi connectivity index (χ0n) is 18.3. The number of imidazole rings is 1. The number of hydrogen-bond donors (Lipinski definition) is 1. The summed E-state index contributed by atoms with van der Waals surface area (Å²) in [5.41, 5.74) is 0.170. The van der Waals surface area contributed by atoms with Gasteiger partial charge in [-0.15, -0.1) is 0 Å². The van der Waals surface area contributed by atoms with Crippen molar-refractivity contribution in [2.24, 2.45) is 14.7 Å². The third-order valence-electron chi connectivity index (χ3n) is 5.47. The molecule has 0 amide bonds. The number of nitriles is 1. The molecule has 4 heterocycles. The molecule has 12 nitrogen and oxygen atoms in total. The molecule has 0 saturated carbocycles. The molecule has 2 fully saturated rings. The largest absolute Gasteiger partial charge is 0.369 e. The van der Waals surface area contributed by atoms with Gasteiger partial charge in [-0.2, -0.15) is 5.26 Å². The molecular weight excluding hydrogens is 435 g/mol. The molecule has 172 valence electrons. The van der Waals surface area contributed by atoms with Crippen LogP contribution in [0.2, 0.25) is 0 Å². The maximum Gasteiger partial charge on any atom is 0.310 e. The summed E-state index contributed by atoms with van der Waals surface area (Å²) in [6.45, 7) is 6.68. The molecule has 1 aromatic heterocycles. The second-order valence-corrected chi connectivity index (χ2v) is 9.00. The highest BCUT2D eigenvalue weighted by atomic mass is 31.2. The third-order valence-corrected chi connectivity index (χ3v) is 6.51. The number of fused-ring (bicyclic) bond motifs is 3. The van der Waals surface area contributed by atoms with Crippen molar-refractivity contribution < 1.29 is 18.5 Å². The van der Waals surface area contributed by atoms with Crippen LogP contribution >= 0.6 is 8.53 Å². The highest BCUT2D eigenvalue weighted by Crippen LogP contribution is 2.54. The highest BCUT2D eigenvalue weighted by molar-refractivity contribution is 7.45. The Morgan fingerprint density at radius 1 is 1.56 bits per heavy atom. The first-order valence-corrected chi connectivity index (χ1v) is 11.4. The fourth-order valence-corrected chi connectivity index (χ4v) is 4.82. The van der Waals surface area contributed by atoms with Gasteiger partial charge in [-0.1, -0.05) is 6.92 Å². The summed E-state index contributed by atoms with van der Waals surface area (Å²) >= 11 is 0. The van der Waals surface area contributed by atoms with Crippen molar-refractivity contribution in [1.29, 1.82) is 5.26 Å². The standard InChI is InChI=1S/C19H27N8O4P/c1-5-19-10-28-14(15(19)31-32(21-2)29-8-6-7-20)17(30-19)27-12-23-13-9-22-18(25-16(13)27)24-11-26(3)4/h11-12,14-15,17H,2,5-6,8-10H2,1,3-4H3,(H,22,25)/b24-11+/t14-,15?,17+,19-,32?/m0/s1. The van der Waals surface area contributed by atoms with Crippen molar-refractivity contribution in [2.45, 2.75) is 50.3 Å². The van der Waals surface area contributed by atoms with Crippen LogP contribution in [-0.4, -0.2) is 78.6 Å². The smallest absolute Gasteiger partial charge is 0.310 e. The van der Waals surface area contributed by atoms with Gasteiger partial charge in [-0.3, -0.25) is 4.57 Å². The summed E-state index contributed by atoms with van der Waals surface area (Å²) in [4.78, 5) is 15.1. The lowest BCUT2D eigenvalue weighted by Crippen LogP contribution is -2.40. The second-order valence-electron chi connectivity index (χ2n) is 7.77. The number of guanidine groups is 1. The van der Waals surface area contributed by atoms with E-state index in [0.29, 0.717) is 25.5 Å². The van der Waals surface area contributed by atoms with Crippen LogP contribution in [0.5, 0.6) is 0 Å². The van der Waals surface area contributed by atoms with E-state index in [1.165, 1.54) is 0 Å². The number of nitrogens with one attached hydrogen (secondary N) is 1. The van der Waals surface area contributed by atoms with Crippen LogP contribution in [-0.2, 0) is 25.1 Å². The van der Waals surface area contributed by atoms with E-state index < -0.39 is 26.5 Å². The molecule has 2 bridgehead atoms. The van der Waals surface area contributed by atoms with E-state index in [9.17, 15) is 0 Å². The highest BCUT2D eigenvalue weighted by Gasteiger charge is 2.63. The van der Waals surface area contributed by atoms with Crippen LogP contribution in [0.1, 0.15) is 31.7 Å². The lowest BCUT2D eigenvalue weighted by Gasteiger charge is -2.31. The number of rotatable bonds is 9. The summed E-state index contributed by atoms with van der Waals surface area (Å²) in [5.74, 6) is 1.27. The maximum atomic E-state index is 8.74. The molecule has 4 rings (SSSR count). The van der Waals surface area contributed by atoms with Gasteiger partial charge >= 0.3 is 8.53 Å². The van der Waals surface area contributed by atoms with Crippen LogP contribution in [0.25, 0.3) is 0 Å². The average molecular weight is 462 g/mol. The Kier molecular flexibility index (Phi) is 6.83. The number of anilines is 1. The number of nitrogens with zero attached hydrogens (tertiary/aromatic N) is 7. The number of hydrogen-bond acceptors (Lipinski definition) is 10. The maximum absolute atomic E-state index is 8.74. The molecule has 0 aliphatic carbocycles. The monoisotopic (exact) mass is 462 g/mol. The number of aliphatic imine (C=N–C) groups is 2. The van der Waals surface area contributed by atoms with Crippen molar-refractivity contribution in [3.8, 4) is 6.07 Å². The third kappa shape index (κ3) is 4.27. The average Bonchev–Trinajstić information content (AvgIpc) is 3.46. The topological polar surface area (TPSA) is 131 Å². The molecule has 0 aromatic carbocycles. The predicted molar refractivity (Wildman–Crippen MR) is 120 cm³/mol. The molecule has 3 aliphatic heterocycles. The van der Waals surface area contributed by atoms with Crippen molar-refractivity contribution >= 4 is 33.4 Å². The van der Waals surface area contributed by atoms with Gasteiger partial charge in [0.1, 0.15) is 29.3 Å². The van der Waals surface area contributed by atoms with Crippen molar-refractivity contribution in [3.63, 3.8) is 0 Å². The molecule has 5 atom stereocenters. The van der Waals surface area contributed by atoms with E-state index in [1.807, 2.05) is 36.6 Å². The molecule has 3 aliphatic rings.